The smallest absolute Gasteiger partial charge is 0.229 e. The zero-order valence-corrected chi connectivity index (χ0v) is 26.1. The summed E-state index contributed by atoms with van der Waals surface area (Å²) in [5.41, 5.74) is 5.71. The topological polar surface area (TPSA) is 63.4 Å². The lowest BCUT2D eigenvalue weighted by atomic mass is 10.0. The molecule has 2 amide bonds. The second-order valence-corrected chi connectivity index (χ2v) is 11.7. The van der Waals surface area contributed by atoms with Gasteiger partial charge in [-0.1, -0.05) is 168 Å². The molecule has 2 N–H and O–H groups in total. The molecule has 4 heteroatoms. The van der Waals surface area contributed by atoms with Gasteiger partial charge in [0, 0.05) is 25.9 Å². The quantitative estimate of drug-likeness (QED) is 0.0928. The Morgan fingerprint density at radius 3 is 0.895 bits per heavy atom. The molecule has 0 unspecified atom stereocenters. The van der Waals surface area contributed by atoms with Gasteiger partial charge in [0.25, 0.3) is 0 Å². The Bertz CT molecular complexity index is 467. The van der Waals surface area contributed by atoms with E-state index in [-0.39, 0.29) is 11.8 Å². The van der Waals surface area contributed by atoms with Crippen LogP contribution in [-0.2, 0) is 9.59 Å². The number of carbonyl (C=O) groups is 2. The molecule has 0 saturated heterocycles. The second-order valence-electron chi connectivity index (χ2n) is 11.7. The minimum Gasteiger partial charge on any atom is -0.329 e. The largest absolute Gasteiger partial charge is 0.329 e. The monoisotopic (exact) mass is 537 g/mol. The van der Waals surface area contributed by atoms with Crippen LogP contribution in [0, 0.1) is 0 Å². The molecule has 0 aliphatic heterocycles. The molecular weight excluding hydrogens is 468 g/mol. The zero-order chi connectivity index (χ0) is 27.9. The molecule has 0 bridgehead atoms. The minimum atomic E-state index is -0.0155. The molecule has 0 aliphatic rings. The van der Waals surface area contributed by atoms with E-state index in [2.05, 4.69) is 13.8 Å². The number of carbonyl (C=O) groups excluding carboxylic acids is 2. The molecule has 0 aromatic heterocycles. The predicted octanol–water partition coefficient (Wildman–Crippen LogP) is 10.3. The summed E-state index contributed by atoms with van der Waals surface area (Å²) in [5, 5.41) is 0. The highest BCUT2D eigenvalue weighted by Crippen LogP contribution is 2.15. The maximum absolute atomic E-state index is 12.7. The highest BCUT2D eigenvalue weighted by molar-refractivity contribution is 5.95. The van der Waals surface area contributed by atoms with Gasteiger partial charge in [0.15, 0.2) is 0 Å². The standard InChI is InChI=1S/C34H68N2O2/c1-3-5-7-9-11-13-15-17-19-21-23-25-27-29-33(37)36(32-31-35)34(38)30-28-26-24-22-20-18-16-14-12-10-8-6-4-2/h3-32,35H2,1-2H3. The normalized spacial score (nSPS) is 11.2. The number of hydrogen-bond donors (Lipinski definition) is 1. The maximum Gasteiger partial charge on any atom is 0.229 e. The van der Waals surface area contributed by atoms with E-state index in [1.165, 1.54) is 146 Å². The van der Waals surface area contributed by atoms with Gasteiger partial charge in [-0.2, -0.15) is 0 Å². The molecule has 0 rings (SSSR count). The van der Waals surface area contributed by atoms with Crippen molar-refractivity contribution in [2.24, 2.45) is 5.73 Å². The summed E-state index contributed by atoms with van der Waals surface area (Å²) in [7, 11) is 0. The van der Waals surface area contributed by atoms with Gasteiger partial charge in [-0.15, -0.1) is 0 Å². The molecular formula is C34H68N2O2. The van der Waals surface area contributed by atoms with Gasteiger partial charge in [-0.05, 0) is 12.8 Å². The molecule has 38 heavy (non-hydrogen) atoms. The number of imide groups is 1. The number of rotatable bonds is 30. The van der Waals surface area contributed by atoms with Gasteiger partial charge < -0.3 is 5.73 Å². The van der Waals surface area contributed by atoms with Crippen molar-refractivity contribution in [3.63, 3.8) is 0 Å². The van der Waals surface area contributed by atoms with Crippen LogP contribution in [0.15, 0.2) is 0 Å². The highest BCUT2D eigenvalue weighted by atomic mass is 16.2. The van der Waals surface area contributed by atoms with Crippen molar-refractivity contribution in [3.05, 3.63) is 0 Å². The van der Waals surface area contributed by atoms with Crippen molar-refractivity contribution in [3.8, 4) is 0 Å². The summed E-state index contributed by atoms with van der Waals surface area (Å²) >= 11 is 0. The summed E-state index contributed by atoms with van der Waals surface area (Å²) in [6, 6.07) is 0. The van der Waals surface area contributed by atoms with Crippen LogP contribution in [-0.4, -0.2) is 29.8 Å². The molecule has 0 radical (unpaired) electrons. The van der Waals surface area contributed by atoms with Crippen LogP contribution in [0.25, 0.3) is 0 Å². The number of nitrogens with two attached hydrogens (primary N) is 1. The van der Waals surface area contributed by atoms with Crippen LogP contribution in [0.2, 0.25) is 0 Å². The first kappa shape index (κ1) is 37.1. The molecule has 0 spiro atoms. The Morgan fingerprint density at radius 2 is 0.658 bits per heavy atom. The summed E-state index contributed by atoms with van der Waals surface area (Å²) in [4.78, 5) is 26.8. The number of nitrogens with zero attached hydrogens (tertiary/aromatic N) is 1. The van der Waals surface area contributed by atoms with E-state index >= 15 is 0 Å². The lowest BCUT2D eigenvalue weighted by Gasteiger charge is -2.20. The summed E-state index contributed by atoms with van der Waals surface area (Å²) < 4.78 is 0. The Balaban J connectivity index is 3.69. The predicted molar refractivity (Wildman–Crippen MR) is 166 cm³/mol. The third-order valence-electron chi connectivity index (χ3n) is 7.94. The number of unbranched alkanes of at least 4 members (excludes halogenated alkanes) is 24. The molecule has 0 heterocycles. The van der Waals surface area contributed by atoms with Crippen molar-refractivity contribution >= 4 is 11.8 Å². The molecule has 0 fully saturated rings. The number of amides is 2. The van der Waals surface area contributed by atoms with E-state index < -0.39 is 0 Å². The molecule has 0 aromatic carbocycles. The fourth-order valence-corrected chi connectivity index (χ4v) is 5.38. The van der Waals surface area contributed by atoms with Gasteiger partial charge >= 0.3 is 0 Å². The van der Waals surface area contributed by atoms with Crippen LogP contribution >= 0.6 is 0 Å². The fraction of sp³-hybridized carbons (Fsp3) is 0.941. The Hall–Kier alpha value is -0.900. The van der Waals surface area contributed by atoms with E-state index in [0.29, 0.717) is 25.9 Å². The zero-order valence-electron chi connectivity index (χ0n) is 26.1. The van der Waals surface area contributed by atoms with Gasteiger partial charge in [0.2, 0.25) is 11.8 Å². The fourth-order valence-electron chi connectivity index (χ4n) is 5.38. The highest BCUT2D eigenvalue weighted by Gasteiger charge is 2.19. The average Bonchev–Trinajstić information content (AvgIpc) is 2.92. The second kappa shape index (κ2) is 30.6. The molecule has 0 aliphatic carbocycles. The van der Waals surface area contributed by atoms with Crippen molar-refractivity contribution < 1.29 is 9.59 Å². The van der Waals surface area contributed by atoms with Crippen LogP contribution in [0.1, 0.15) is 194 Å². The molecule has 0 atom stereocenters. The Morgan fingerprint density at radius 1 is 0.421 bits per heavy atom. The van der Waals surface area contributed by atoms with E-state index in [4.69, 9.17) is 5.73 Å². The van der Waals surface area contributed by atoms with Gasteiger partial charge in [0.1, 0.15) is 0 Å². The molecule has 0 saturated carbocycles. The van der Waals surface area contributed by atoms with Gasteiger partial charge in [-0.25, -0.2) is 0 Å². The van der Waals surface area contributed by atoms with E-state index in [1.807, 2.05) is 0 Å². The van der Waals surface area contributed by atoms with Crippen LogP contribution < -0.4 is 5.73 Å². The SMILES string of the molecule is CCCCCCCCCCCCCCCC(=O)N(CCN)C(=O)CCCCCCCCCCCCCCC. The van der Waals surface area contributed by atoms with E-state index in [9.17, 15) is 9.59 Å². The Labute approximate surface area is 238 Å². The van der Waals surface area contributed by atoms with Crippen LogP contribution in [0.3, 0.4) is 0 Å². The minimum absolute atomic E-state index is 0.0155. The first-order valence-electron chi connectivity index (χ1n) is 17.2. The molecule has 4 nitrogen and oxygen atoms in total. The third-order valence-corrected chi connectivity index (χ3v) is 7.94. The maximum atomic E-state index is 12.7. The van der Waals surface area contributed by atoms with Crippen molar-refractivity contribution in [2.75, 3.05) is 13.1 Å². The van der Waals surface area contributed by atoms with Gasteiger partial charge in [0.05, 0.1) is 0 Å². The van der Waals surface area contributed by atoms with Crippen LogP contribution in [0.5, 0.6) is 0 Å². The van der Waals surface area contributed by atoms with E-state index in [1.54, 1.807) is 0 Å². The Kier molecular flexibility index (Phi) is 29.9. The van der Waals surface area contributed by atoms with Crippen molar-refractivity contribution in [1.29, 1.82) is 0 Å². The van der Waals surface area contributed by atoms with E-state index in [0.717, 1.165) is 25.7 Å². The lowest BCUT2D eigenvalue weighted by Crippen LogP contribution is -2.40. The molecule has 226 valence electrons. The van der Waals surface area contributed by atoms with Gasteiger partial charge in [-0.3, -0.25) is 14.5 Å². The summed E-state index contributed by atoms with van der Waals surface area (Å²) in [5.74, 6) is -0.0311. The number of hydrogen-bond acceptors (Lipinski definition) is 3. The van der Waals surface area contributed by atoms with Crippen LogP contribution in [0.4, 0.5) is 0 Å². The lowest BCUT2D eigenvalue weighted by molar-refractivity contribution is -0.144. The first-order valence-corrected chi connectivity index (χ1v) is 17.2. The summed E-state index contributed by atoms with van der Waals surface area (Å²) in [6.45, 7) is 5.27. The third kappa shape index (κ3) is 25.4. The van der Waals surface area contributed by atoms with Crippen molar-refractivity contribution in [1.82, 2.24) is 4.90 Å². The van der Waals surface area contributed by atoms with Crippen molar-refractivity contribution in [2.45, 2.75) is 194 Å². The average molecular weight is 537 g/mol. The summed E-state index contributed by atoms with van der Waals surface area (Å²) in [6.07, 6.45) is 34.6. The first-order chi connectivity index (χ1) is 18.7. The molecule has 0 aromatic rings.